The van der Waals surface area contributed by atoms with E-state index in [1.54, 1.807) is 6.07 Å². The zero-order valence-electron chi connectivity index (χ0n) is 17.0. The third-order valence-electron chi connectivity index (χ3n) is 5.36. The van der Waals surface area contributed by atoms with E-state index in [2.05, 4.69) is 39.0 Å². The van der Waals surface area contributed by atoms with Crippen molar-refractivity contribution in [2.75, 3.05) is 0 Å². The Morgan fingerprint density at radius 2 is 1.67 bits per heavy atom. The molecule has 1 heterocycles. The Hall–Kier alpha value is -2.77. The molecule has 3 nitrogen and oxygen atoms in total. The Bertz CT molecular complexity index is 1350. The number of hydrogen-bond donors (Lipinski definition) is 1. The van der Waals surface area contributed by atoms with Gasteiger partial charge in [-0.05, 0) is 29.3 Å². The molecule has 0 saturated heterocycles. The number of phenols is 1. The summed E-state index contributed by atoms with van der Waals surface area (Å²) in [4.78, 5) is 9.75. The van der Waals surface area contributed by atoms with Crippen LogP contribution < -0.4 is 0 Å². The van der Waals surface area contributed by atoms with Crippen molar-refractivity contribution in [2.24, 2.45) is 10.4 Å². The first kappa shape index (κ1) is 20.5. The van der Waals surface area contributed by atoms with Gasteiger partial charge in [0.1, 0.15) is 11.3 Å². The van der Waals surface area contributed by atoms with Crippen LogP contribution in [0.3, 0.4) is 0 Å². The van der Waals surface area contributed by atoms with E-state index in [0.717, 1.165) is 33.3 Å². The monoisotopic (exact) mass is 572 g/mol. The number of aromatic hydroxyl groups is 1. The van der Waals surface area contributed by atoms with Gasteiger partial charge < -0.3 is 5.11 Å². The summed E-state index contributed by atoms with van der Waals surface area (Å²) < 4.78 is 0. The van der Waals surface area contributed by atoms with Crippen LogP contribution in [0.4, 0.5) is 5.69 Å². The molecule has 5 rings (SSSR count). The van der Waals surface area contributed by atoms with Crippen LogP contribution in [-0.4, -0.2) is 15.8 Å². The third kappa shape index (κ3) is 3.38. The molecule has 3 aromatic carbocycles. The molecule has 1 aromatic heterocycles. The number of fused-ring (bicyclic) bond motifs is 3. The van der Waals surface area contributed by atoms with E-state index in [1.807, 2.05) is 48.5 Å². The van der Waals surface area contributed by atoms with Gasteiger partial charge in [-0.1, -0.05) is 56.7 Å². The fraction of sp³-hybridized carbons (Fsp3) is 0.154. The summed E-state index contributed by atoms with van der Waals surface area (Å²) in [5.41, 5.74) is 6.56. The quantitative estimate of drug-likeness (QED) is 0.210. The summed E-state index contributed by atoms with van der Waals surface area (Å²) in [5.74, 6) is 0.182. The van der Waals surface area contributed by atoms with Crippen LogP contribution in [0.25, 0.3) is 27.4 Å². The SMILES string of the molecule is CC(C)(C)C1=CC(=Nc2cccc3cc4cccc(O)c4nc23)c2[c-]cccc21.[Pt]. The molecule has 152 valence electrons. The average molecular weight is 573 g/mol. The number of benzene rings is 3. The third-order valence-corrected chi connectivity index (χ3v) is 5.36. The van der Waals surface area contributed by atoms with Gasteiger partial charge in [0.2, 0.25) is 0 Å². The van der Waals surface area contributed by atoms with Gasteiger partial charge in [0, 0.05) is 31.8 Å². The molecule has 1 aliphatic carbocycles. The number of aliphatic imine (C=N–C) groups is 1. The molecule has 1 N–H and O–H groups in total. The van der Waals surface area contributed by atoms with Crippen LogP contribution in [0.1, 0.15) is 31.9 Å². The number of aromatic nitrogens is 1. The Kier molecular flexibility index (Phi) is 5.11. The van der Waals surface area contributed by atoms with Gasteiger partial charge >= 0.3 is 0 Å². The molecule has 0 aliphatic heterocycles. The summed E-state index contributed by atoms with van der Waals surface area (Å²) in [6.07, 6.45) is 2.17. The molecular formula is C26H21N2OPt-. The largest absolute Gasteiger partial charge is 0.506 e. The van der Waals surface area contributed by atoms with Gasteiger partial charge in [0.15, 0.2) is 0 Å². The predicted molar refractivity (Wildman–Crippen MR) is 120 cm³/mol. The van der Waals surface area contributed by atoms with Gasteiger partial charge in [0.05, 0.1) is 11.2 Å². The second-order valence-corrected chi connectivity index (χ2v) is 8.45. The molecule has 4 aromatic rings. The first-order chi connectivity index (χ1) is 13.9. The van der Waals surface area contributed by atoms with E-state index in [9.17, 15) is 5.11 Å². The van der Waals surface area contributed by atoms with Crippen molar-refractivity contribution in [1.29, 1.82) is 0 Å². The summed E-state index contributed by atoms with van der Waals surface area (Å²) in [7, 11) is 0. The van der Waals surface area contributed by atoms with E-state index >= 15 is 0 Å². The fourth-order valence-electron chi connectivity index (χ4n) is 3.94. The summed E-state index contributed by atoms with van der Waals surface area (Å²) in [5, 5.41) is 12.2. The number of pyridine rings is 1. The molecule has 0 spiro atoms. The van der Waals surface area contributed by atoms with Crippen LogP contribution in [0.2, 0.25) is 0 Å². The van der Waals surface area contributed by atoms with E-state index in [-0.39, 0.29) is 32.2 Å². The van der Waals surface area contributed by atoms with Gasteiger partial charge in [0.25, 0.3) is 0 Å². The zero-order valence-corrected chi connectivity index (χ0v) is 19.3. The molecular weight excluding hydrogens is 551 g/mol. The van der Waals surface area contributed by atoms with E-state index in [0.29, 0.717) is 5.52 Å². The Morgan fingerprint density at radius 1 is 0.933 bits per heavy atom. The minimum Gasteiger partial charge on any atom is -0.506 e. The first-order valence-corrected chi connectivity index (χ1v) is 9.75. The van der Waals surface area contributed by atoms with Crippen LogP contribution in [0, 0.1) is 11.5 Å². The van der Waals surface area contributed by atoms with Crippen molar-refractivity contribution in [1.82, 2.24) is 4.98 Å². The molecule has 1 aliphatic rings. The molecule has 30 heavy (non-hydrogen) atoms. The van der Waals surface area contributed by atoms with Crippen LogP contribution >= 0.6 is 0 Å². The van der Waals surface area contributed by atoms with Crippen LogP contribution in [0.15, 0.2) is 71.7 Å². The molecule has 0 bridgehead atoms. The van der Waals surface area contributed by atoms with Crippen molar-refractivity contribution in [3.05, 3.63) is 83.9 Å². The van der Waals surface area contributed by atoms with Gasteiger partial charge in [-0.2, -0.15) is 0 Å². The number of phenolic OH excluding ortho intramolecular Hbond substituents is 1. The second-order valence-electron chi connectivity index (χ2n) is 8.45. The number of allylic oxidation sites excluding steroid dienone is 2. The molecule has 0 saturated carbocycles. The normalized spacial score (nSPS) is 14.6. The van der Waals surface area contributed by atoms with Crippen molar-refractivity contribution >= 4 is 38.8 Å². The Morgan fingerprint density at radius 3 is 2.43 bits per heavy atom. The van der Waals surface area contributed by atoms with E-state index in [1.165, 1.54) is 11.1 Å². The second kappa shape index (κ2) is 7.48. The number of nitrogens with zero attached hydrogens (tertiary/aromatic N) is 2. The minimum atomic E-state index is 0. The molecule has 4 heteroatoms. The van der Waals surface area contributed by atoms with Crippen molar-refractivity contribution in [3.8, 4) is 5.75 Å². The molecule has 0 radical (unpaired) electrons. The van der Waals surface area contributed by atoms with Crippen LogP contribution in [-0.2, 0) is 21.1 Å². The van der Waals surface area contributed by atoms with Gasteiger partial charge in [-0.25, -0.2) is 4.98 Å². The maximum atomic E-state index is 10.2. The predicted octanol–water partition coefficient (Wildman–Crippen LogP) is 6.46. The number of para-hydroxylation sites is 2. The maximum absolute atomic E-state index is 10.2. The summed E-state index contributed by atoms with van der Waals surface area (Å²) in [6.45, 7) is 6.65. The van der Waals surface area contributed by atoms with Gasteiger partial charge in [-0.3, -0.25) is 4.99 Å². The maximum Gasteiger partial charge on any atom is 0.141 e. The molecule has 0 amide bonds. The van der Waals surface area contributed by atoms with Crippen LogP contribution in [0.5, 0.6) is 5.75 Å². The topological polar surface area (TPSA) is 45.5 Å². The first-order valence-electron chi connectivity index (χ1n) is 9.75. The Balaban J connectivity index is 0.00000218. The fourth-order valence-corrected chi connectivity index (χ4v) is 3.94. The van der Waals surface area contributed by atoms with Crippen molar-refractivity contribution < 1.29 is 26.2 Å². The van der Waals surface area contributed by atoms with Crippen molar-refractivity contribution in [2.45, 2.75) is 20.8 Å². The zero-order chi connectivity index (χ0) is 20.2. The van der Waals surface area contributed by atoms with E-state index < -0.39 is 0 Å². The summed E-state index contributed by atoms with van der Waals surface area (Å²) >= 11 is 0. The summed E-state index contributed by atoms with van der Waals surface area (Å²) in [6, 6.07) is 23.0. The molecule has 0 fully saturated rings. The standard InChI is InChI=1S/C26H21N2O.Pt/c1-26(2,3)20-15-22(19-11-5-4-10-18(19)20)27-21-12-6-8-16-14-17-9-7-13-23(29)25(17)28-24(16)21;/h4-10,12-15,29H,1-3H3;/q-1;. The number of hydrogen-bond acceptors (Lipinski definition) is 3. The average Bonchev–Trinajstić information content (AvgIpc) is 3.07. The van der Waals surface area contributed by atoms with Gasteiger partial charge in [-0.15, -0.1) is 35.4 Å². The van der Waals surface area contributed by atoms with E-state index in [4.69, 9.17) is 9.98 Å². The minimum absolute atomic E-state index is 0. The molecule has 0 atom stereocenters. The van der Waals surface area contributed by atoms with Crippen molar-refractivity contribution in [3.63, 3.8) is 0 Å². The molecule has 0 unspecified atom stereocenters. The number of rotatable bonds is 1. The smallest absolute Gasteiger partial charge is 0.141 e. The Labute approximate surface area is 190 Å².